The smallest absolute Gasteiger partial charge is 0.338 e. The first-order valence-electron chi connectivity index (χ1n) is 9.88. The largest absolute Gasteiger partial charge is 0.466 e. The van der Waals surface area contributed by atoms with Gasteiger partial charge in [-0.05, 0) is 31.1 Å². The molecule has 1 atom stereocenters. The van der Waals surface area contributed by atoms with Crippen molar-refractivity contribution in [1.82, 2.24) is 4.57 Å². The molecule has 0 radical (unpaired) electrons. The predicted octanol–water partition coefficient (Wildman–Crippen LogP) is 3.38. The molecule has 0 bridgehead atoms. The molecule has 0 saturated heterocycles. The first kappa shape index (κ1) is 20.8. The topological polar surface area (TPSA) is 60.7 Å². The number of carbonyl (C=O) groups excluding carboxylic acids is 1. The van der Waals surface area contributed by atoms with E-state index in [2.05, 4.69) is 4.99 Å². The lowest BCUT2D eigenvalue weighted by atomic mass is 10.0. The molecule has 1 aromatic heterocycles. The van der Waals surface area contributed by atoms with Crippen molar-refractivity contribution >= 4 is 29.5 Å². The van der Waals surface area contributed by atoms with Crippen LogP contribution in [0.2, 0.25) is 0 Å². The highest BCUT2D eigenvalue weighted by molar-refractivity contribution is 7.07. The molecule has 3 aromatic rings. The Hall–Kier alpha value is -3.51. The van der Waals surface area contributed by atoms with Crippen LogP contribution < -0.4 is 14.9 Å². The number of esters is 1. The van der Waals surface area contributed by atoms with Crippen molar-refractivity contribution < 1.29 is 9.53 Å². The summed E-state index contributed by atoms with van der Waals surface area (Å²) in [6.07, 6.45) is 5.62. The van der Waals surface area contributed by atoms with Crippen molar-refractivity contribution in [1.29, 1.82) is 0 Å². The van der Waals surface area contributed by atoms with E-state index in [9.17, 15) is 9.59 Å². The summed E-state index contributed by atoms with van der Waals surface area (Å²) in [4.78, 5) is 31.0. The fraction of sp³-hybridized carbons (Fsp3) is 0.160. The van der Waals surface area contributed by atoms with Crippen LogP contribution in [0.5, 0.6) is 0 Å². The van der Waals surface area contributed by atoms with Crippen molar-refractivity contribution in [2.45, 2.75) is 19.9 Å². The van der Waals surface area contributed by atoms with Gasteiger partial charge in [-0.2, -0.15) is 0 Å². The summed E-state index contributed by atoms with van der Waals surface area (Å²) in [6, 6.07) is 17.1. The van der Waals surface area contributed by atoms with E-state index in [1.807, 2.05) is 79.7 Å². The Morgan fingerprint density at radius 3 is 2.45 bits per heavy atom. The zero-order valence-corrected chi connectivity index (χ0v) is 18.3. The summed E-state index contributed by atoms with van der Waals surface area (Å²) in [5.41, 5.74) is 3.81. The Morgan fingerprint density at radius 2 is 1.77 bits per heavy atom. The van der Waals surface area contributed by atoms with Crippen LogP contribution in [0, 0.1) is 6.92 Å². The fourth-order valence-electron chi connectivity index (χ4n) is 3.50. The van der Waals surface area contributed by atoms with Gasteiger partial charge in [-0.15, -0.1) is 0 Å². The molecule has 31 heavy (non-hydrogen) atoms. The lowest BCUT2D eigenvalue weighted by Gasteiger charge is -2.21. The molecule has 0 amide bonds. The zero-order chi connectivity index (χ0) is 22.0. The van der Waals surface area contributed by atoms with Crippen LogP contribution in [0.15, 0.2) is 81.7 Å². The molecule has 0 N–H and O–H groups in total. The number of fused-ring (bicyclic) bond motifs is 1. The average molecular weight is 431 g/mol. The highest BCUT2D eigenvalue weighted by atomic mass is 32.1. The molecule has 2 aromatic carbocycles. The molecule has 4 rings (SSSR count). The van der Waals surface area contributed by atoms with Crippen LogP contribution in [0.3, 0.4) is 0 Å². The van der Waals surface area contributed by atoms with Gasteiger partial charge in [-0.3, -0.25) is 9.36 Å². The monoisotopic (exact) mass is 430 g/mol. The molecule has 5 nitrogen and oxygen atoms in total. The molecule has 156 valence electrons. The molecular weight excluding hydrogens is 408 g/mol. The first-order chi connectivity index (χ1) is 15.0. The van der Waals surface area contributed by atoms with Crippen LogP contribution in [0.25, 0.3) is 12.2 Å². The summed E-state index contributed by atoms with van der Waals surface area (Å²) in [5.74, 6) is -0.489. The number of ether oxygens (including phenoxy) is 1. The van der Waals surface area contributed by atoms with E-state index in [0.29, 0.717) is 20.6 Å². The molecule has 6 heteroatoms. The minimum absolute atomic E-state index is 0.180. The van der Waals surface area contributed by atoms with Crippen molar-refractivity contribution in [2.75, 3.05) is 7.11 Å². The van der Waals surface area contributed by atoms with Gasteiger partial charge in [0, 0.05) is 0 Å². The molecule has 0 aliphatic carbocycles. The van der Waals surface area contributed by atoms with Gasteiger partial charge in [-0.25, -0.2) is 9.79 Å². The number of methoxy groups -OCH3 is 1. The number of aromatic nitrogens is 1. The molecule has 0 unspecified atom stereocenters. The standard InChI is InChI=1S/C25H22N2O3S/c1-16-9-11-19(12-10-16)15-21-23(28)27-20(14-13-18-7-5-4-6-8-18)22(24(29)30-3)17(2)26-25(27)31-21/h4-15,20H,1-3H3/b14-13+,21-15+/t20-/m0/s1. The Bertz CT molecular complexity index is 1360. The Labute approximate surface area is 184 Å². The normalized spacial score (nSPS) is 16.4. The number of hydrogen-bond donors (Lipinski definition) is 0. The second-order valence-corrected chi connectivity index (χ2v) is 8.31. The maximum absolute atomic E-state index is 13.3. The van der Waals surface area contributed by atoms with Gasteiger partial charge in [-0.1, -0.05) is 83.6 Å². The average Bonchev–Trinajstić information content (AvgIpc) is 3.08. The summed E-state index contributed by atoms with van der Waals surface area (Å²) in [5, 5.41) is 0. The quantitative estimate of drug-likeness (QED) is 0.596. The van der Waals surface area contributed by atoms with Gasteiger partial charge in [0.2, 0.25) is 0 Å². The van der Waals surface area contributed by atoms with Crippen molar-refractivity contribution in [3.05, 3.63) is 108 Å². The lowest BCUT2D eigenvalue weighted by Crippen LogP contribution is -2.38. The Balaban J connectivity index is 1.88. The van der Waals surface area contributed by atoms with Crippen LogP contribution in [0.1, 0.15) is 29.7 Å². The number of carbonyl (C=O) groups is 1. The van der Waals surface area contributed by atoms with E-state index in [-0.39, 0.29) is 5.56 Å². The van der Waals surface area contributed by atoms with E-state index in [0.717, 1.165) is 16.7 Å². The maximum atomic E-state index is 13.3. The highest BCUT2D eigenvalue weighted by Crippen LogP contribution is 2.26. The highest BCUT2D eigenvalue weighted by Gasteiger charge is 2.29. The van der Waals surface area contributed by atoms with Crippen LogP contribution in [-0.2, 0) is 9.53 Å². The maximum Gasteiger partial charge on any atom is 0.338 e. The van der Waals surface area contributed by atoms with Crippen molar-refractivity contribution in [2.24, 2.45) is 4.99 Å². The van der Waals surface area contributed by atoms with E-state index in [1.165, 1.54) is 18.4 Å². The lowest BCUT2D eigenvalue weighted by molar-refractivity contribution is -0.136. The number of allylic oxidation sites excluding steroid dienone is 2. The fourth-order valence-corrected chi connectivity index (χ4v) is 4.55. The number of benzene rings is 2. The Morgan fingerprint density at radius 1 is 1.06 bits per heavy atom. The summed E-state index contributed by atoms with van der Waals surface area (Å²) in [7, 11) is 1.34. The molecular formula is C25H22N2O3S. The summed E-state index contributed by atoms with van der Waals surface area (Å²) >= 11 is 1.32. The van der Waals surface area contributed by atoms with Crippen LogP contribution in [0.4, 0.5) is 0 Å². The van der Waals surface area contributed by atoms with Gasteiger partial charge in [0.1, 0.15) is 0 Å². The minimum Gasteiger partial charge on any atom is -0.466 e. The van der Waals surface area contributed by atoms with Gasteiger partial charge >= 0.3 is 5.97 Å². The number of hydrogen-bond acceptors (Lipinski definition) is 5. The van der Waals surface area contributed by atoms with E-state index >= 15 is 0 Å². The van der Waals surface area contributed by atoms with Crippen LogP contribution in [-0.4, -0.2) is 17.6 Å². The van der Waals surface area contributed by atoms with Gasteiger partial charge in [0.15, 0.2) is 4.80 Å². The second-order valence-electron chi connectivity index (χ2n) is 7.30. The molecule has 0 saturated carbocycles. The molecule has 0 spiro atoms. The number of rotatable bonds is 4. The third-order valence-corrected chi connectivity index (χ3v) is 6.10. The van der Waals surface area contributed by atoms with Crippen molar-refractivity contribution in [3.8, 4) is 0 Å². The van der Waals surface area contributed by atoms with Crippen molar-refractivity contribution in [3.63, 3.8) is 0 Å². The molecule has 1 aliphatic heterocycles. The zero-order valence-electron chi connectivity index (χ0n) is 17.5. The van der Waals surface area contributed by atoms with E-state index in [1.54, 1.807) is 11.5 Å². The molecule has 2 heterocycles. The molecule has 1 aliphatic rings. The minimum atomic E-state index is -0.593. The third kappa shape index (κ3) is 4.20. The summed E-state index contributed by atoms with van der Waals surface area (Å²) in [6.45, 7) is 3.79. The summed E-state index contributed by atoms with van der Waals surface area (Å²) < 4.78 is 7.14. The first-order valence-corrected chi connectivity index (χ1v) is 10.7. The Kier molecular flexibility index (Phi) is 5.82. The number of aryl methyl sites for hydroxylation is 1. The van der Waals surface area contributed by atoms with E-state index in [4.69, 9.17) is 4.74 Å². The molecule has 0 fully saturated rings. The number of nitrogens with zero attached hydrogens (tertiary/aromatic N) is 2. The van der Waals surface area contributed by atoms with Gasteiger partial charge in [0.25, 0.3) is 5.56 Å². The van der Waals surface area contributed by atoms with E-state index < -0.39 is 12.0 Å². The number of thiazole rings is 1. The van der Waals surface area contributed by atoms with Crippen LogP contribution >= 0.6 is 11.3 Å². The SMILES string of the molecule is COC(=O)C1=C(C)N=c2s/c(=C/c3ccc(C)cc3)c(=O)n2[C@H]1/C=C/c1ccccc1. The third-order valence-electron chi connectivity index (χ3n) is 5.11. The van der Waals surface area contributed by atoms with Gasteiger partial charge in [0.05, 0.1) is 29.0 Å². The van der Waals surface area contributed by atoms with Gasteiger partial charge < -0.3 is 4.74 Å². The predicted molar refractivity (Wildman–Crippen MR) is 123 cm³/mol. The second kappa shape index (κ2) is 8.70.